The van der Waals surface area contributed by atoms with Crippen LogP contribution in [0.25, 0.3) is 0 Å². The van der Waals surface area contributed by atoms with Gasteiger partial charge in [-0.3, -0.25) is 4.79 Å². The van der Waals surface area contributed by atoms with Gasteiger partial charge in [-0.2, -0.15) is 0 Å². The van der Waals surface area contributed by atoms with Gasteiger partial charge in [-0.05, 0) is 25.5 Å². The minimum atomic E-state index is -0.160. The highest BCUT2D eigenvalue weighted by atomic mass is 16.5. The molecule has 2 atom stereocenters. The number of ether oxygens (including phenoxy) is 2. The second kappa shape index (κ2) is 5.93. The zero-order chi connectivity index (χ0) is 13.0. The molecular formula is C13H18N2O3. The summed E-state index contributed by atoms with van der Waals surface area (Å²) in [5.74, 6) is -0.160. The van der Waals surface area contributed by atoms with Crippen LogP contribution in [0.15, 0.2) is 18.2 Å². The summed E-state index contributed by atoms with van der Waals surface area (Å²) < 4.78 is 10.6. The predicted molar refractivity (Wildman–Crippen MR) is 66.5 cm³/mol. The molecule has 1 aromatic heterocycles. The maximum atomic E-state index is 12.1. The molecule has 0 aliphatic carbocycles. The minimum absolute atomic E-state index is 0.0152. The van der Waals surface area contributed by atoms with Crippen LogP contribution in [0, 0.1) is 6.92 Å². The van der Waals surface area contributed by atoms with Crippen LogP contribution < -0.4 is 5.32 Å². The molecular weight excluding hydrogens is 232 g/mol. The van der Waals surface area contributed by atoms with E-state index in [1.165, 1.54) is 0 Å². The van der Waals surface area contributed by atoms with Gasteiger partial charge in [-0.1, -0.05) is 6.07 Å². The summed E-state index contributed by atoms with van der Waals surface area (Å²) in [6.07, 6.45) is 0.670. The molecule has 2 heterocycles. The van der Waals surface area contributed by atoms with Crippen molar-refractivity contribution in [2.24, 2.45) is 0 Å². The first-order valence-corrected chi connectivity index (χ1v) is 6.06. The summed E-state index contributed by atoms with van der Waals surface area (Å²) in [5.41, 5.74) is 1.27. The molecule has 1 fully saturated rings. The molecule has 0 bridgehead atoms. The number of carbonyl (C=O) groups excluding carboxylic acids is 1. The van der Waals surface area contributed by atoms with Crippen LogP contribution in [0.5, 0.6) is 0 Å². The standard InChI is InChI=1S/C13H18N2O3/c1-9-4-3-5-11(14-9)13(16)15-10-6-7-18-8-12(10)17-2/h3-5,10,12H,6-8H2,1-2H3,(H,15,16)/t10-,12-/m0/s1. The largest absolute Gasteiger partial charge is 0.379 e. The Morgan fingerprint density at radius 2 is 2.39 bits per heavy atom. The van der Waals surface area contributed by atoms with Crippen molar-refractivity contribution in [1.82, 2.24) is 10.3 Å². The Morgan fingerprint density at radius 3 is 3.11 bits per heavy atom. The van der Waals surface area contributed by atoms with Gasteiger partial charge in [0.05, 0.1) is 12.6 Å². The van der Waals surface area contributed by atoms with Crippen molar-refractivity contribution in [3.63, 3.8) is 0 Å². The number of hydrogen-bond acceptors (Lipinski definition) is 4. The fourth-order valence-electron chi connectivity index (χ4n) is 2.02. The predicted octanol–water partition coefficient (Wildman–Crippen LogP) is 0.924. The van der Waals surface area contributed by atoms with Crippen molar-refractivity contribution in [2.45, 2.75) is 25.5 Å². The summed E-state index contributed by atoms with van der Waals surface area (Å²) in [6.45, 7) is 3.03. The second-order valence-electron chi connectivity index (χ2n) is 4.38. The molecule has 2 rings (SSSR count). The highest BCUT2D eigenvalue weighted by Gasteiger charge is 2.27. The van der Waals surface area contributed by atoms with Crippen molar-refractivity contribution in [2.75, 3.05) is 20.3 Å². The van der Waals surface area contributed by atoms with Crippen molar-refractivity contribution >= 4 is 5.91 Å². The number of hydrogen-bond donors (Lipinski definition) is 1. The van der Waals surface area contributed by atoms with Gasteiger partial charge in [-0.15, -0.1) is 0 Å². The SMILES string of the molecule is CO[C@H]1COCC[C@@H]1NC(=O)c1cccc(C)n1. The topological polar surface area (TPSA) is 60.5 Å². The summed E-state index contributed by atoms with van der Waals surface area (Å²) in [4.78, 5) is 16.3. The lowest BCUT2D eigenvalue weighted by atomic mass is 10.1. The van der Waals surface area contributed by atoms with Crippen molar-refractivity contribution in [1.29, 1.82) is 0 Å². The number of carbonyl (C=O) groups is 1. The number of aromatic nitrogens is 1. The van der Waals surface area contributed by atoms with Gasteiger partial charge in [0.25, 0.3) is 5.91 Å². The molecule has 1 aromatic rings. The lowest BCUT2D eigenvalue weighted by molar-refractivity contribution is -0.0479. The van der Waals surface area contributed by atoms with Crippen LogP contribution in [0.2, 0.25) is 0 Å². The maximum Gasteiger partial charge on any atom is 0.270 e. The van der Waals surface area contributed by atoms with E-state index in [1.807, 2.05) is 19.1 Å². The quantitative estimate of drug-likeness (QED) is 0.866. The molecule has 18 heavy (non-hydrogen) atoms. The van der Waals surface area contributed by atoms with Gasteiger partial charge < -0.3 is 14.8 Å². The summed E-state index contributed by atoms with van der Waals surface area (Å²) in [6, 6.07) is 5.39. The minimum Gasteiger partial charge on any atom is -0.379 e. The Labute approximate surface area is 107 Å². The molecule has 0 radical (unpaired) electrons. The Morgan fingerprint density at radius 1 is 1.56 bits per heavy atom. The van der Waals surface area contributed by atoms with E-state index in [9.17, 15) is 4.79 Å². The first kappa shape index (κ1) is 13.0. The zero-order valence-electron chi connectivity index (χ0n) is 10.7. The third kappa shape index (κ3) is 3.05. The van der Waals surface area contributed by atoms with Crippen LogP contribution in [0.3, 0.4) is 0 Å². The normalized spacial score (nSPS) is 23.7. The molecule has 1 aliphatic rings. The molecule has 1 aliphatic heterocycles. The van der Waals surface area contributed by atoms with Crippen molar-refractivity contribution < 1.29 is 14.3 Å². The Bertz CT molecular complexity index is 422. The van der Waals surface area contributed by atoms with Crippen molar-refractivity contribution in [3.05, 3.63) is 29.6 Å². The Hall–Kier alpha value is -1.46. The molecule has 0 spiro atoms. The summed E-state index contributed by atoms with van der Waals surface area (Å²) in [5, 5.41) is 2.96. The van der Waals surface area contributed by atoms with Crippen LogP contribution >= 0.6 is 0 Å². The average Bonchev–Trinajstić information content (AvgIpc) is 2.39. The lowest BCUT2D eigenvalue weighted by Gasteiger charge is -2.30. The number of nitrogens with zero attached hydrogens (tertiary/aromatic N) is 1. The van der Waals surface area contributed by atoms with E-state index in [0.29, 0.717) is 18.9 Å². The van der Waals surface area contributed by atoms with Crippen LogP contribution in [0.4, 0.5) is 0 Å². The molecule has 0 aromatic carbocycles. The lowest BCUT2D eigenvalue weighted by Crippen LogP contribution is -2.49. The Kier molecular flexibility index (Phi) is 4.28. The summed E-state index contributed by atoms with van der Waals surface area (Å²) >= 11 is 0. The highest BCUT2D eigenvalue weighted by Crippen LogP contribution is 2.11. The smallest absolute Gasteiger partial charge is 0.270 e. The first-order valence-electron chi connectivity index (χ1n) is 6.06. The molecule has 0 saturated carbocycles. The highest BCUT2D eigenvalue weighted by molar-refractivity contribution is 5.92. The number of methoxy groups -OCH3 is 1. The number of rotatable bonds is 3. The second-order valence-corrected chi connectivity index (χ2v) is 4.38. The maximum absolute atomic E-state index is 12.1. The third-order valence-electron chi connectivity index (χ3n) is 3.04. The van der Waals surface area contributed by atoms with Gasteiger partial charge in [0, 0.05) is 19.4 Å². The Balaban J connectivity index is 2.02. The zero-order valence-corrected chi connectivity index (χ0v) is 10.7. The number of nitrogens with one attached hydrogen (secondary N) is 1. The van der Waals surface area contributed by atoms with Gasteiger partial charge >= 0.3 is 0 Å². The van der Waals surface area contributed by atoms with Crippen LogP contribution in [-0.2, 0) is 9.47 Å². The number of aryl methyl sites for hydroxylation is 1. The fourth-order valence-corrected chi connectivity index (χ4v) is 2.02. The van der Waals surface area contributed by atoms with E-state index in [1.54, 1.807) is 13.2 Å². The number of pyridine rings is 1. The molecule has 98 valence electrons. The van der Waals surface area contributed by atoms with E-state index in [4.69, 9.17) is 9.47 Å². The molecule has 1 N–H and O–H groups in total. The summed E-state index contributed by atoms with van der Waals surface area (Å²) in [7, 11) is 1.63. The van der Waals surface area contributed by atoms with E-state index < -0.39 is 0 Å². The van der Waals surface area contributed by atoms with Gasteiger partial charge in [0.15, 0.2) is 0 Å². The average molecular weight is 250 g/mol. The third-order valence-corrected chi connectivity index (χ3v) is 3.04. The molecule has 1 saturated heterocycles. The van der Waals surface area contributed by atoms with E-state index in [0.717, 1.165) is 12.1 Å². The van der Waals surface area contributed by atoms with E-state index >= 15 is 0 Å². The molecule has 0 unspecified atom stereocenters. The van der Waals surface area contributed by atoms with Gasteiger partial charge in [0.2, 0.25) is 0 Å². The molecule has 1 amide bonds. The van der Waals surface area contributed by atoms with E-state index in [2.05, 4.69) is 10.3 Å². The number of amides is 1. The molecule has 5 heteroatoms. The fraction of sp³-hybridized carbons (Fsp3) is 0.538. The van der Waals surface area contributed by atoms with Crippen LogP contribution in [-0.4, -0.2) is 43.4 Å². The molecule has 5 nitrogen and oxygen atoms in total. The van der Waals surface area contributed by atoms with Crippen LogP contribution in [0.1, 0.15) is 22.6 Å². The van der Waals surface area contributed by atoms with Gasteiger partial charge in [0.1, 0.15) is 11.8 Å². The van der Waals surface area contributed by atoms with Crippen molar-refractivity contribution in [3.8, 4) is 0 Å². The monoisotopic (exact) mass is 250 g/mol. The van der Waals surface area contributed by atoms with Gasteiger partial charge in [-0.25, -0.2) is 4.98 Å². The first-order chi connectivity index (χ1) is 8.70. The van der Waals surface area contributed by atoms with E-state index in [-0.39, 0.29) is 18.1 Å².